The summed E-state index contributed by atoms with van der Waals surface area (Å²) in [7, 11) is 0. The highest BCUT2D eigenvalue weighted by atomic mass is 35.5. The van der Waals surface area contributed by atoms with Gasteiger partial charge in [0.05, 0.1) is 0 Å². The molecule has 0 aromatic carbocycles. The maximum Gasteiger partial charge on any atom is 0.241 e. The predicted molar refractivity (Wildman–Crippen MR) is 101 cm³/mol. The lowest BCUT2D eigenvalue weighted by Gasteiger charge is -2.16. The Kier molecular flexibility index (Phi) is 15.7. The first-order valence-corrected chi connectivity index (χ1v) is 10.3. The third kappa shape index (κ3) is 11.1. The molecule has 0 amide bonds. The van der Waals surface area contributed by atoms with Gasteiger partial charge in [0.2, 0.25) is 6.33 Å². The molecule has 3 heteroatoms. The van der Waals surface area contributed by atoms with Crippen LogP contribution in [0.2, 0.25) is 0 Å². The van der Waals surface area contributed by atoms with Gasteiger partial charge in [-0.15, -0.1) is 0 Å². The Morgan fingerprint density at radius 1 is 0.792 bits per heavy atom. The molecule has 0 aliphatic carbocycles. The number of hydrogen-bond donors (Lipinski definition) is 1. The Bertz CT molecular complexity index is 351. The van der Waals surface area contributed by atoms with Crippen LogP contribution in [0, 0.1) is 5.92 Å². The molecule has 142 valence electrons. The number of imidazole rings is 1. The van der Waals surface area contributed by atoms with Crippen LogP contribution in [0.1, 0.15) is 110 Å². The fourth-order valence-corrected chi connectivity index (χ4v) is 3.40. The van der Waals surface area contributed by atoms with E-state index in [0.29, 0.717) is 6.04 Å². The predicted octanol–water partition coefficient (Wildman–Crippen LogP) is 3.59. The van der Waals surface area contributed by atoms with Crippen molar-refractivity contribution in [1.29, 1.82) is 0 Å². The van der Waals surface area contributed by atoms with Crippen molar-refractivity contribution in [2.75, 3.05) is 0 Å². The molecular weight excluding hydrogens is 316 g/mol. The van der Waals surface area contributed by atoms with Crippen LogP contribution in [0.15, 0.2) is 18.7 Å². The molecule has 0 aliphatic rings. The molecule has 24 heavy (non-hydrogen) atoms. The maximum atomic E-state index is 3.14. The van der Waals surface area contributed by atoms with E-state index in [2.05, 4.69) is 42.8 Å². The highest BCUT2D eigenvalue weighted by Gasteiger charge is 2.17. The first-order valence-electron chi connectivity index (χ1n) is 10.3. The minimum atomic E-state index is 0. The van der Waals surface area contributed by atoms with Crippen LogP contribution in [0.5, 0.6) is 0 Å². The summed E-state index contributed by atoms with van der Waals surface area (Å²) in [6.07, 6.45) is 24.8. The van der Waals surface area contributed by atoms with Gasteiger partial charge < -0.3 is 12.4 Å². The van der Waals surface area contributed by atoms with Gasteiger partial charge in [-0.1, -0.05) is 90.9 Å². The zero-order chi connectivity index (χ0) is 16.8. The molecule has 2 unspecified atom stereocenters. The Morgan fingerprint density at radius 3 is 1.75 bits per heavy atom. The Balaban J connectivity index is 0.00000529. The van der Waals surface area contributed by atoms with Crippen molar-refractivity contribution in [3.8, 4) is 0 Å². The zero-order valence-electron chi connectivity index (χ0n) is 16.4. The number of unbranched alkanes of at least 4 members (excludes halogenated alkanes) is 11. The molecule has 1 N–H and O–H groups in total. The van der Waals surface area contributed by atoms with Gasteiger partial charge in [0.25, 0.3) is 0 Å². The van der Waals surface area contributed by atoms with Crippen LogP contribution >= 0.6 is 0 Å². The summed E-state index contributed by atoms with van der Waals surface area (Å²) in [4.78, 5) is 3.14. The molecular formula is C21H41ClN2. The number of H-pyrrole nitrogens is 1. The zero-order valence-corrected chi connectivity index (χ0v) is 17.2. The van der Waals surface area contributed by atoms with Crippen molar-refractivity contribution in [2.45, 2.75) is 110 Å². The molecule has 2 atom stereocenters. The van der Waals surface area contributed by atoms with Crippen LogP contribution in [-0.2, 0) is 0 Å². The average molecular weight is 357 g/mol. The molecule has 0 fully saturated rings. The van der Waals surface area contributed by atoms with Gasteiger partial charge in [-0.25, -0.2) is 4.57 Å². The molecule has 1 aromatic rings. The Morgan fingerprint density at radius 2 is 1.29 bits per heavy atom. The van der Waals surface area contributed by atoms with Crippen LogP contribution in [-0.4, -0.2) is 4.98 Å². The standard InChI is InChI=1S/C21H40N2.ClH/c1-4-5-6-7-8-9-10-11-12-13-14-15-16-20(2)21(3)23-18-17-22-19-23;/h17-21H,4-16H2,1-3H3;1H. The number of aromatic nitrogens is 2. The summed E-state index contributed by atoms with van der Waals surface area (Å²) in [6, 6.07) is 0.606. The van der Waals surface area contributed by atoms with E-state index in [1.165, 1.54) is 83.5 Å². The van der Waals surface area contributed by atoms with E-state index in [1.807, 2.05) is 6.20 Å². The minimum absolute atomic E-state index is 0. The van der Waals surface area contributed by atoms with Crippen molar-refractivity contribution in [1.82, 2.24) is 4.98 Å². The van der Waals surface area contributed by atoms with Crippen LogP contribution in [0.3, 0.4) is 0 Å². The van der Waals surface area contributed by atoms with E-state index in [0.717, 1.165) is 5.92 Å². The summed E-state index contributed by atoms with van der Waals surface area (Å²) in [5.74, 6) is 0.763. The summed E-state index contributed by atoms with van der Waals surface area (Å²) >= 11 is 0. The Hall–Kier alpha value is -0.500. The lowest BCUT2D eigenvalue weighted by Crippen LogP contribution is -3.00. The second kappa shape index (κ2) is 16.0. The topological polar surface area (TPSA) is 19.7 Å². The molecule has 1 rings (SSSR count). The van der Waals surface area contributed by atoms with Crippen molar-refractivity contribution in [3.63, 3.8) is 0 Å². The number of hydrogen-bond acceptors (Lipinski definition) is 0. The fraction of sp³-hybridized carbons (Fsp3) is 0.857. The van der Waals surface area contributed by atoms with Crippen LogP contribution in [0.4, 0.5) is 0 Å². The number of aromatic amines is 1. The lowest BCUT2D eigenvalue weighted by atomic mass is 9.95. The second-order valence-corrected chi connectivity index (χ2v) is 7.45. The van der Waals surface area contributed by atoms with E-state index in [4.69, 9.17) is 0 Å². The van der Waals surface area contributed by atoms with Gasteiger partial charge in [0, 0.05) is 0 Å². The summed E-state index contributed by atoms with van der Waals surface area (Å²) in [5.41, 5.74) is 0. The van der Waals surface area contributed by atoms with E-state index < -0.39 is 0 Å². The van der Waals surface area contributed by atoms with Crippen molar-refractivity contribution >= 4 is 0 Å². The molecule has 0 spiro atoms. The number of halogens is 1. The average Bonchev–Trinajstić information content (AvgIpc) is 3.09. The fourth-order valence-electron chi connectivity index (χ4n) is 3.40. The third-order valence-electron chi connectivity index (χ3n) is 5.37. The number of nitrogens with one attached hydrogen (secondary N) is 1. The molecule has 0 radical (unpaired) electrons. The molecule has 0 bridgehead atoms. The van der Waals surface area contributed by atoms with Gasteiger partial charge >= 0.3 is 0 Å². The monoisotopic (exact) mass is 356 g/mol. The largest absolute Gasteiger partial charge is 1.00 e. The SMILES string of the molecule is CCCCCCCCCCCCCCC(C)C(C)[n+]1cc[nH]c1.[Cl-]. The van der Waals surface area contributed by atoms with Gasteiger partial charge in [-0.3, -0.25) is 4.98 Å². The number of nitrogens with zero attached hydrogens (tertiary/aromatic N) is 1. The summed E-state index contributed by atoms with van der Waals surface area (Å²) < 4.78 is 2.30. The van der Waals surface area contributed by atoms with Gasteiger partial charge in [0.1, 0.15) is 18.4 Å². The van der Waals surface area contributed by atoms with E-state index in [1.54, 1.807) is 0 Å². The van der Waals surface area contributed by atoms with Crippen LogP contribution in [0.25, 0.3) is 0 Å². The van der Waals surface area contributed by atoms with E-state index >= 15 is 0 Å². The smallest absolute Gasteiger partial charge is 0.241 e. The van der Waals surface area contributed by atoms with Crippen molar-refractivity contribution in [2.24, 2.45) is 5.92 Å². The van der Waals surface area contributed by atoms with Gasteiger partial charge in [0.15, 0.2) is 0 Å². The first-order chi connectivity index (χ1) is 11.3. The second-order valence-electron chi connectivity index (χ2n) is 7.45. The van der Waals surface area contributed by atoms with Gasteiger partial charge in [-0.05, 0) is 19.3 Å². The highest BCUT2D eigenvalue weighted by Crippen LogP contribution is 2.19. The van der Waals surface area contributed by atoms with Crippen LogP contribution < -0.4 is 17.0 Å². The normalized spacial score (nSPS) is 13.5. The van der Waals surface area contributed by atoms with Gasteiger partial charge in [-0.2, -0.15) is 0 Å². The Labute approximate surface area is 157 Å². The first kappa shape index (κ1) is 23.5. The molecule has 1 heterocycles. The van der Waals surface area contributed by atoms with Crippen molar-refractivity contribution in [3.05, 3.63) is 18.7 Å². The maximum absolute atomic E-state index is 3.14. The minimum Gasteiger partial charge on any atom is -1.00 e. The lowest BCUT2D eigenvalue weighted by molar-refractivity contribution is -0.725. The van der Waals surface area contributed by atoms with E-state index in [-0.39, 0.29) is 12.4 Å². The quantitative estimate of drug-likeness (QED) is 0.366. The highest BCUT2D eigenvalue weighted by molar-refractivity contribution is 4.62. The molecule has 0 saturated carbocycles. The third-order valence-corrected chi connectivity index (χ3v) is 5.37. The molecule has 0 aliphatic heterocycles. The molecule has 0 saturated heterocycles. The summed E-state index contributed by atoms with van der Waals surface area (Å²) in [5, 5.41) is 0. The number of rotatable bonds is 15. The molecule has 1 aromatic heterocycles. The van der Waals surface area contributed by atoms with E-state index in [9.17, 15) is 0 Å². The summed E-state index contributed by atoms with van der Waals surface area (Å²) in [6.45, 7) is 7.02. The molecule has 2 nitrogen and oxygen atoms in total. The van der Waals surface area contributed by atoms with Crippen molar-refractivity contribution < 1.29 is 17.0 Å².